The molecule has 2 heterocycles. The van der Waals surface area contributed by atoms with Crippen LogP contribution < -0.4 is 10.6 Å². The molecule has 34 heavy (non-hydrogen) atoms. The number of amides is 3. The lowest BCUT2D eigenvalue weighted by Crippen LogP contribution is -2.40. The lowest BCUT2D eigenvalue weighted by Gasteiger charge is -2.26. The van der Waals surface area contributed by atoms with Gasteiger partial charge in [0.15, 0.2) is 0 Å². The second-order valence-electron chi connectivity index (χ2n) is 9.64. The number of nitrogens with zero attached hydrogens (tertiary/aromatic N) is 2. The van der Waals surface area contributed by atoms with E-state index < -0.39 is 5.60 Å². The molecule has 3 amide bonds. The van der Waals surface area contributed by atoms with Crippen molar-refractivity contribution in [2.24, 2.45) is 11.8 Å². The molecule has 1 saturated carbocycles. The molecule has 1 aromatic carbocycles. The Hall–Kier alpha value is -3.33. The summed E-state index contributed by atoms with van der Waals surface area (Å²) in [6.07, 6.45) is 1.04. The van der Waals surface area contributed by atoms with Crippen molar-refractivity contribution in [1.29, 1.82) is 0 Å². The summed E-state index contributed by atoms with van der Waals surface area (Å²) in [5, 5.41) is 16.0. The number of benzene rings is 1. The zero-order chi connectivity index (χ0) is 24.6. The predicted octanol–water partition coefficient (Wildman–Crippen LogP) is 3.22. The number of hydrogen-bond acceptors (Lipinski definition) is 6. The molecule has 1 aliphatic carbocycles. The summed E-state index contributed by atoms with van der Waals surface area (Å²) in [5.74, 6) is -0.329. The number of piperidine rings is 1. The second-order valence-corrected chi connectivity index (χ2v) is 10.1. The standard InChI is InChI=1S/C24H27ClN4O5/c1-24(2,3)34-23(33)29-11-16-17(12-29)21(16)28-22(32)18-10-15(6-7-26-18)27-20(31)9-13-8-14(25)4-5-19(13)30/h4-8,10,16-17,21,30H,9,11-12H2,1-3H3,(H,28,32)(H,26,27,31)/t16-,17+,21+. The van der Waals surface area contributed by atoms with E-state index in [0.29, 0.717) is 29.4 Å². The summed E-state index contributed by atoms with van der Waals surface area (Å²) in [7, 11) is 0. The zero-order valence-electron chi connectivity index (χ0n) is 19.2. The average molecular weight is 487 g/mol. The number of rotatable bonds is 5. The lowest BCUT2D eigenvalue weighted by atomic mass is 10.1. The minimum absolute atomic E-state index is 0.0166. The Bertz CT molecular complexity index is 1120. The van der Waals surface area contributed by atoms with Crippen LogP contribution in [0.15, 0.2) is 36.5 Å². The highest BCUT2D eigenvalue weighted by Gasteiger charge is 2.58. The number of ether oxygens (including phenoxy) is 1. The number of anilines is 1. The van der Waals surface area contributed by atoms with Crippen LogP contribution in [0.25, 0.3) is 0 Å². The van der Waals surface area contributed by atoms with Gasteiger partial charge < -0.3 is 25.4 Å². The number of carbonyl (C=O) groups excluding carboxylic acids is 3. The van der Waals surface area contributed by atoms with Gasteiger partial charge in [-0.1, -0.05) is 11.6 Å². The van der Waals surface area contributed by atoms with E-state index in [1.54, 1.807) is 11.0 Å². The Labute approximate surface area is 202 Å². The van der Waals surface area contributed by atoms with Gasteiger partial charge in [-0.3, -0.25) is 14.6 Å². The summed E-state index contributed by atoms with van der Waals surface area (Å²) < 4.78 is 5.41. The molecule has 4 rings (SSSR count). The Kier molecular flexibility index (Phi) is 6.40. The van der Waals surface area contributed by atoms with Crippen LogP contribution in [0.5, 0.6) is 5.75 Å². The molecule has 3 atom stereocenters. The van der Waals surface area contributed by atoms with E-state index in [0.717, 1.165) is 0 Å². The molecule has 2 fully saturated rings. The molecule has 2 aromatic rings. The maximum Gasteiger partial charge on any atom is 0.410 e. The number of hydrogen-bond donors (Lipinski definition) is 3. The molecule has 0 radical (unpaired) electrons. The van der Waals surface area contributed by atoms with Gasteiger partial charge >= 0.3 is 6.09 Å². The highest BCUT2D eigenvalue weighted by atomic mass is 35.5. The molecule has 180 valence electrons. The normalized spacial score (nSPS) is 20.9. The van der Waals surface area contributed by atoms with E-state index in [2.05, 4.69) is 15.6 Å². The molecular weight excluding hydrogens is 460 g/mol. The smallest absolute Gasteiger partial charge is 0.410 e. The Morgan fingerprint density at radius 1 is 1.18 bits per heavy atom. The van der Waals surface area contributed by atoms with Gasteiger partial charge in [0.25, 0.3) is 5.91 Å². The maximum absolute atomic E-state index is 12.7. The predicted molar refractivity (Wildman–Crippen MR) is 126 cm³/mol. The van der Waals surface area contributed by atoms with Crippen molar-refractivity contribution in [3.05, 3.63) is 52.8 Å². The topological polar surface area (TPSA) is 121 Å². The minimum atomic E-state index is -0.544. The van der Waals surface area contributed by atoms with Crippen molar-refractivity contribution in [3.8, 4) is 5.75 Å². The SMILES string of the molecule is CC(C)(C)OC(=O)N1C[C@@H]2[C@H](C1)[C@H]2NC(=O)c1cc(NC(=O)Cc2cc(Cl)ccc2O)ccn1. The van der Waals surface area contributed by atoms with Crippen LogP contribution in [0.2, 0.25) is 5.02 Å². The van der Waals surface area contributed by atoms with Gasteiger partial charge in [0.05, 0.1) is 6.42 Å². The van der Waals surface area contributed by atoms with Gasteiger partial charge in [0, 0.05) is 53.4 Å². The van der Waals surface area contributed by atoms with Gasteiger partial charge in [0.1, 0.15) is 17.0 Å². The van der Waals surface area contributed by atoms with Crippen molar-refractivity contribution in [2.45, 2.75) is 38.8 Å². The second kappa shape index (κ2) is 9.13. The van der Waals surface area contributed by atoms with Gasteiger partial charge in [-0.25, -0.2) is 4.79 Å². The molecule has 2 aliphatic rings. The molecule has 0 spiro atoms. The number of halogens is 1. The molecule has 1 saturated heterocycles. The van der Waals surface area contributed by atoms with E-state index in [1.165, 1.54) is 30.5 Å². The fraction of sp³-hybridized carbons (Fsp3) is 0.417. The fourth-order valence-corrected chi connectivity index (χ4v) is 4.34. The van der Waals surface area contributed by atoms with Crippen LogP contribution in [0, 0.1) is 11.8 Å². The molecular formula is C24H27ClN4O5. The van der Waals surface area contributed by atoms with Crippen LogP contribution in [0.3, 0.4) is 0 Å². The van der Waals surface area contributed by atoms with E-state index in [-0.39, 0.29) is 53.6 Å². The number of fused-ring (bicyclic) bond motifs is 1. The molecule has 0 bridgehead atoms. The summed E-state index contributed by atoms with van der Waals surface area (Å²) in [6.45, 7) is 6.58. The number of nitrogens with one attached hydrogen (secondary N) is 2. The van der Waals surface area contributed by atoms with E-state index in [4.69, 9.17) is 16.3 Å². The Balaban J connectivity index is 1.29. The lowest BCUT2D eigenvalue weighted by molar-refractivity contribution is -0.115. The number of carbonyl (C=O) groups is 3. The molecule has 1 aliphatic heterocycles. The first-order chi connectivity index (χ1) is 16.0. The van der Waals surface area contributed by atoms with Gasteiger partial charge in [-0.15, -0.1) is 0 Å². The van der Waals surface area contributed by atoms with Gasteiger partial charge in [0.2, 0.25) is 5.91 Å². The minimum Gasteiger partial charge on any atom is -0.508 e. The zero-order valence-corrected chi connectivity index (χ0v) is 19.9. The third-order valence-corrected chi connectivity index (χ3v) is 6.05. The van der Waals surface area contributed by atoms with E-state index in [1.807, 2.05) is 20.8 Å². The largest absolute Gasteiger partial charge is 0.508 e. The molecule has 9 nitrogen and oxygen atoms in total. The monoisotopic (exact) mass is 486 g/mol. The van der Waals surface area contributed by atoms with Crippen molar-refractivity contribution in [3.63, 3.8) is 0 Å². The van der Waals surface area contributed by atoms with Crippen molar-refractivity contribution in [2.75, 3.05) is 18.4 Å². The first-order valence-corrected chi connectivity index (χ1v) is 11.4. The van der Waals surface area contributed by atoms with Gasteiger partial charge in [-0.2, -0.15) is 0 Å². The van der Waals surface area contributed by atoms with Crippen LogP contribution in [-0.4, -0.2) is 57.6 Å². The van der Waals surface area contributed by atoms with Gasteiger partial charge in [-0.05, 0) is 51.1 Å². The number of phenolic OH excluding ortho intramolecular Hbond substituents is 1. The summed E-state index contributed by atoms with van der Waals surface area (Å²) >= 11 is 5.93. The quantitative estimate of drug-likeness (QED) is 0.596. The fourth-order valence-electron chi connectivity index (χ4n) is 4.15. The third-order valence-electron chi connectivity index (χ3n) is 5.81. The number of likely N-dealkylation sites (tertiary alicyclic amines) is 1. The van der Waals surface area contributed by atoms with E-state index >= 15 is 0 Å². The molecule has 1 aromatic heterocycles. The van der Waals surface area contributed by atoms with Crippen LogP contribution in [0.4, 0.5) is 10.5 Å². The average Bonchev–Trinajstić information content (AvgIpc) is 3.16. The van der Waals surface area contributed by atoms with E-state index in [9.17, 15) is 19.5 Å². The van der Waals surface area contributed by atoms with Crippen molar-refractivity contribution >= 4 is 35.2 Å². The highest BCUT2D eigenvalue weighted by Crippen LogP contribution is 2.45. The number of aromatic nitrogens is 1. The number of phenols is 1. The first-order valence-electron chi connectivity index (χ1n) is 11.0. The van der Waals surface area contributed by atoms with Crippen molar-refractivity contribution < 1.29 is 24.2 Å². The van der Waals surface area contributed by atoms with Crippen LogP contribution in [0.1, 0.15) is 36.8 Å². The summed E-state index contributed by atoms with van der Waals surface area (Å²) in [6, 6.07) is 7.55. The third kappa shape index (κ3) is 5.59. The molecule has 3 N–H and O–H groups in total. The summed E-state index contributed by atoms with van der Waals surface area (Å²) in [4.78, 5) is 43.1. The number of pyridine rings is 1. The maximum atomic E-state index is 12.7. The number of aromatic hydroxyl groups is 1. The first kappa shape index (κ1) is 23.8. The Morgan fingerprint density at radius 2 is 1.88 bits per heavy atom. The Morgan fingerprint density at radius 3 is 2.56 bits per heavy atom. The van der Waals surface area contributed by atoms with Crippen LogP contribution >= 0.6 is 11.6 Å². The van der Waals surface area contributed by atoms with Crippen LogP contribution in [-0.2, 0) is 16.0 Å². The van der Waals surface area contributed by atoms with Crippen molar-refractivity contribution in [1.82, 2.24) is 15.2 Å². The summed E-state index contributed by atoms with van der Waals surface area (Å²) in [5.41, 5.74) is 0.451. The molecule has 0 unspecified atom stereocenters. The molecule has 10 heteroatoms. The highest BCUT2D eigenvalue weighted by molar-refractivity contribution is 6.30.